The second-order valence-electron chi connectivity index (χ2n) is 6.59. The smallest absolute Gasteiger partial charge is 0.172 e. The largest absolute Gasteiger partial charge is 0.299 e. The normalized spacial score (nSPS) is 12.7. The van der Waals surface area contributed by atoms with Crippen LogP contribution in [0.5, 0.6) is 0 Å². The lowest BCUT2D eigenvalue weighted by molar-refractivity contribution is -0.126. The first-order valence-electron chi connectivity index (χ1n) is 7.52. The number of hydrogen-bond acceptors (Lipinski definition) is 3. The number of benzene rings is 1. The van der Waals surface area contributed by atoms with Gasteiger partial charge in [0.1, 0.15) is 5.78 Å². The number of nitrogens with zero attached hydrogens (tertiary/aromatic N) is 1. The van der Waals surface area contributed by atoms with Gasteiger partial charge in [0.2, 0.25) is 0 Å². The molecule has 0 saturated heterocycles. The molecule has 1 aromatic heterocycles. The van der Waals surface area contributed by atoms with E-state index in [1.807, 2.05) is 20.8 Å². The maximum Gasteiger partial charge on any atom is 0.172 e. The van der Waals surface area contributed by atoms with Crippen molar-refractivity contribution in [2.75, 3.05) is 0 Å². The highest BCUT2D eigenvalue weighted by Gasteiger charge is 2.30. The van der Waals surface area contributed by atoms with E-state index in [0.717, 1.165) is 5.56 Å². The molecule has 0 aliphatic heterocycles. The van der Waals surface area contributed by atoms with Gasteiger partial charge in [-0.15, -0.1) is 0 Å². The monoisotopic (exact) mass is 329 g/mol. The first-order chi connectivity index (χ1) is 10.8. The van der Waals surface area contributed by atoms with Crippen LogP contribution in [0.4, 0.5) is 0 Å². The van der Waals surface area contributed by atoms with Gasteiger partial charge in [-0.05, 0) is 29.8 Å². The average molecular weight is 330 g/mol. The summed E-state index contributed by atoms with van der Waals surface area (Å²) in [5.41, 5.74) is 0.815. The van der Waals surface area contributed by atoms with Crippen LogP contribution in [0.2, 0.25) is 5.02 Å². The third kappa shape index (κ3) is 4.49. The minimum Gasteiger partial charge on any atom is -0.299 e. The molecule has 4 heteroatoms. The highest BCUT2D eigenvalue weighted by atomic mass is 35.5. The Hall–Kier alpha value is -2.00. The molecule has 1 aromatic carbocycles. The van der Waals surface area contributed by atoms with Crippen LogP contribution in [-0.2, 0) is 4.79 Å². The number of hydrogen-bond donors (Lipinski definition) is 0. The number of ketones is 2. The number of pyridine rings is 1. The molecule has 1 unspecified atom stereocenters. The van der Waals surface area contributed by atoms with Crippen LogP contribution in [0.15, 0.2) is 48.8 Å². The molecule has 3 nitrogen and oxygen atoms in total. The van der Waals surface area contributed by atoms with Gasteiger partial charge in [0, 0.05) is 34.8 Å². The van der Waals surface area contributed by atoms with Crippen molar-refractivity contribution in [3.63, 3.8) is 0 Å². The first kappa shape index (κ1) is 17.4. The summed E-state index contributed by atoms with van der Waals surface area (Å²) in [6.45, 7) is 5.59. The number of halogens is 1. The van der Waals surface area contributed by atoms with Crippen molar-refractivity contribution in [2.45, 2.75) is 33.1 Å². The van der Waals surface area contributed by atoms with E-state index in [1.54, 1.807) is 42.6 Å². The molecule has 2 aromatic rings. The number of Topliss-reactive ketones (excluding diaryl/α,β-unsaturated/α-hetero) is 2. The summed E-state index contributed by atoms with van der Waals surface area (Å²) < 4.78 is 0. The Morgan fingerprint density at radius 2 is 1.78 bits per heavy atom. The Bertz CT molecular complexity index is 688. The minimum absolute atomic E-state index is 0.0506. The van der Waals surface area contributed by atoms with E-state index in [0.29, 0.717) is 10.6 Å². The van der Waals surface area contributed by atoms with Gasteiger partial charge in [0.15, 0.2) is 5.78 Å². The molecule has 23 heavy (non-hydrogen) atoms. The van der Waals surface area contributed by atoms with Crippen molar-refractivity contribution in [1.82, 2.24) is 4.98 Å². The van der Waals surface area contributed by atoms with Crippen LogP contribution in [0.1, 0.15) is 49.0 Å². The first-order valence-corrected chi connectivity index (χ1v) is 7.90. The molecule has 0 spiro atoms. The van der Waals surface area contributed by atoms with E-state index in [-0.39, 0.29) is 18.0 Å². The van der Waals surface area contributed by atoms with Gasteiger partial charge in [-0.2, -0.15) is 0 Å². The highest BCUT2D eigenvalue weighted by Crippen LogP contribution is 2.29. The van der Waals surface area contributed by atoms with Gasteiger partial charge in [-0.3, -0.25) is 14.6 Å². The van der Waals surface area contributed by atoms with Gasteiger partial charge in [-0.1, -0.05) is 44.5 Å². The standard InChI is InChI=1S/C19H20ClNO2/c1-19(2,3)17(22)11-16(13-6-8-15(20)9-7-13)18(23)14-5-4-10-21-12-14/h4-10,12,16H,11H2,1-3H3. The maximum atomic E-state index is 12.9. The fourth-order valence-corrected chi connectivity index (χ4v) is 2.38. The Kier molecular flexibility index (Phi) is 5.32. The summed E-state index contributed by atoms with van der Waals surface area (Å²) >= 11 is 5.93. The molecular weight excluding hydrogens is 310 g/mol. The molecule has 0 fully saturated rings. The highest BCUT2D eigenvalue weighted by molar-refractivity contribution is 6.30. The summed E-state index contributed by atoms with van der Waals surface area (Å²) in [6.07, 6.45) is 3.32. The zero-order valence-corrected chi connectivity index (χ0v) is 14.3. The fourth-order valence-electron chi connectivity index (χ4n) is 2.26. The summed E-state index contributed by atoms with van der Waals surface area (Å²) in [5, 5.41) is 0.600. The zero-order chi connectivity index (χ0) is 17.0. The van der Waals surface area contributed by atoms with Crippen LogP contribution in [0, 0.1) is 5.41 Å². The molecule has 2 rings (SSSR count). The van der Waals surface area contributed by atoms with Crippen molar-refractivity contribution in [2.24, 2.45) is 5.41 Å². The van der Waals surface area contributed by atoms with E-state index in [9.17, 15) is 9.59 Å². The van der Waals surface area contributed by atoms with E-state index in [2.05, 4.69) is 4.98 Å². The summed E-state index contributed by atoms with van der Waals surface area (Å²) in [5.74, 6) is -0.573. The van der Waals surface area contributed by atoms with E-state index in [1.165, 1.54) is 6.20 Å². The topological polar surface area (TPSA) is 47.0 Å². The molecule has 0 N–H and O–H groups in total. The van der Waals surface area contributed by atoms with Crippen molar-refractivity contribution >= 4 is 23.2 Å². The number of aromatic nitrogens is 1. The molecule has 0 amide bonds. The third-order valence-corrected chi connectivity index (χ3v) is 4.01. The fraction of sp³-hybridized carbons (Fsp3) is 0.316. The molecule has 0 aliphatic carbocycles. The lowest BCUT2D eigenvalue weighted by Gasteiger charge is -2.22. The predicted octanol–water partition coefficient (Wildman–Crippen LogP) is 4.71. The SMILES string of the molecule is CC(C)(C)C(=O)CC(C(=O)c1cccnc1)c1ccc(Cl)cc1. The molecule has 1 heterocycles. The van der Waals surface area contributed by atoms with Crippen molar-refractivity contribution in [3.05, 3.63) is 64.9 Å². The Labute approximate surface area is 141 Å². The van der Waals surface area contributed by atoms with Crippen molar-refractivity contribution in [3.8, 4) is 0 Å². The quantitative estimate of drug-likeness (QED) is 0.746. The van der Waals surface area contributed by atoms with Gasteiger partial charge in [-0.25, -0.2) is 0 Å². The minimum atomic E-state index is -0.525. The molecule has 0 saturated carbocycles. The van der Waals surface area contributed by atoms with Crippen molar-refractivity contribution in [1.29, 1.82) is 0 Å². The summed E-state index contributed by atoms with van der Waals surface area (Å²) in [4.78, 5) is 29.3. The third-order valence-electron chi connectivity index (χ3n) is 3.76. The zero-order valence-electron chi connectivity index (χ0n) is 13.5. The van der Waals surface area contributed by atoms with Crippen LogP contribution in [-0.4, -0.2) is 16.6 Å². The Morgan fingerprint density at radius 1 is 1.13 bits per heavy atom. The molecule has 120 valence electrons. The van der Waals surface area contributed by atoms with Gasteiger partial charge >= 0.3 is 0 Å². The molecule has 0 radical (unpaired) electrons. The number of carbonyl (C=O) groups excluding carboxylic acids is 2. The van der Waals surface area contributed by atoms with Crippen molar-refractivity contribution < 1.29 is 9.59 Å². The van der Waals surface area contributed by atoms with Gasteiger partial charge < -0.3 is 0 Å². The lowest BCUT2D eigenvalue weighted by atomic mass is 9.80. The summed E-state index contributed by atoms with van der Waals surface area (Å²) in [6, 6.07) is 10.5. The molecular formula is C19H20ClNO2. The van der Waals surface area contributed by atoms with Crippen LogP contribution in [0.3, 0.4) is 0 Å². The molecule has 0 aliphatic rings. The van der Waals surface area contributed by atoms with Crippen LogP contribution in [0.25, 0.3) is 0 Å². The lowest BCUT2D eigenvalue weighted by Crippen LogP contribution is -2.25. The second kappa shape index (κ2) is 7.05. The Morgan fingerprint density at radius 3 is 2.30 bits per heavy atom. The van der Waals surface area contributed by atoms with E-state index >= 15 is 0 Å². The summed E-state index contributed by atoms with van der Waals surface area (Å²) in [7, 11) is 0. The number of rotatable bonds is 5. The Balaban J connectivity index is 2.37. The average Bonchev–Trinajstić information content (AvgIpc) is 2.52. The predicted molar refractivity (Wildman–Crippen MR) is 91.8 cm³/mol. The number of carbonyl (C=O) groups is 2. The molecule has 1 atom stereocenters. The van der Waals surface area contributed by atoms with E-state index in [4.69, 9.17) is 11.6 Å². The van der Waals surface area contributed by atoms with Gasteiger partial charge in [0.25, 0.3) is 0 Å². The van der Waals surface area contributed by atoms with Crippen LogP contribution < -0.4 is 0 Å². The molecule has 0 bridgehead atoms. The van der Waals surface area contributed by atoms with Gasteiger partial charge in [0.05, 0.1) is 5.92 Å². The second-order valence-corrected chi connectivity index (χ2v) is 7.02. The maximum absolute atomic E-state index is 12.9. The van der Waals surface area contributed by atoms with E-state index < -0.39 is 11.3 Å². The van der Waals surface area contributed by atoms with Crippen LogP contribution >= 0.6 is 11.6 Å².